The molecule has 1 N–H and O–H groups in total. The second-order valence-electron chi connectivity index (χ2n) is 11.1. The summed E-state index contributed by atoms with van der Waals surface area (Å²) in [6.07, 6.45) is 11.0. The van der Waals surface area contributed by atoms with Crippen LogP contribution in [0.15, 0.2) is 67.3 Å². The van der Waals surface area contributed by atoms with Crippen molar-refractivity contribution in [2.45, 2.75) is 51.6 Å². The number of rotatable bonds is 6. The number of carbonyl (C=O) groups is 2. The summed E-state index contributed by atoms with van der Waals surface area (Å²) in [5.41, 5.74) is 5.13. The van der Waals surface area contributed by atoms with E-state index in [0.29, 0.717) is 44.1 Å². The van der Waals surface area contributed by atoms with Gasteiger partial charge in [0, 0.05) is 55.5 Å². The number of benzene rings is 1. The summed E-state index contributed by atoms with van der Waals surface area (Å²) in [7, 11) is 0. The van der Waals surface area contributed by atoms with Gasteiger partial charge in [-0.25, -0.2) is 9.97 Å². The van der Waals surface area contributed by atoms with Crippen molar-refractivity contribution in [2.24, 2.45) is 0 Å². The number of likely N-dealkylation sites (tertiary alicyclic amines) is 1. The Morgan fingerprint density at radius 2 is 1.80 bits per heavy atom. The Labute approximate surface area is 240 Å². The van der Waals surface area contributed by atoms with Crippen LogP contribution in [0.25, 0.3) is 16.8 Å². The van der Waals surface area contributed by atoms with Gasteiger partial charge in [-0.2, -0.15) is 0 Å². The van der Waals surface area contributed by atoms with Crippen LogP contribution in [0.3, 0.4) is 0 Å². The van der Waals surface area contributed by atoms with Gasteiger partial charge in [-0.05, 0) is 62.4 Å². The predicted molar refractivity (Wildman–Crippen MR) is 158 cm³/mol. The highest BCUT2D eigenvalue weighted by Gasteiger charge is 2.28. The van der Waals surface area contributed by atoms with E-state index >= 15 is 0 Å². The number of hydrogen-bond donors (Lipinski definition) is 1. The van der Waals surface area contributed by atoms with E-state index < -0.39 is 0 Å². The fraction of sp³-hybridized carbons (Fsp3) is 0.375. The van der Waals surface area contributed by atoms with E-state index in [4.69, 9.17) is 4.74 Å². The van der Waals surface area contributed by atoms with Crippen molar-refractivity contribution >= 4 is 29.0 Å². The summed E-state index contributed by atoms with van der Waals surface area (Å²) >= 11 is 0. The van der Waals surface area contributed by atoms with E-state index in [1.54, 1.807) is 23.4 Å². The minimum Gasteiger partial charge on any atom is -0.378 e. The van der Waals surface area contributed by atoms with Crippen molar-refractivity contribution < 1.29 is 14.3 Å². The first-order valence-electron chi connectivity index (χ1n) is 14.4. The molecule has 0 spiro atoms. The third-order valence-corrected chi connectivity index (χ3v) is 8.16. The van der Waals surface area contributed by atoms with Crippen molar-refractivity contribution in [3.63, 3.8) is 0 Å². The molecule has 0 radical (unpaired) electrons. The highest BCUT2D eigenvalue weighted by molar-refractivity contribution is 5.94. The molecule has 2 saturated heterocycles. The number of nitrogens with zero attached hydrogens (tertiary/aromatic N) is 5. The standard InChI is InChI=1S/C32H36N6O3/c1-22-5-3-6-23(2)38(22)30(39)18-24-7-4-8-25(17-24)27-19-28(31-33-11-12-37(31)21-27)35-29-10-9-26(20-34-29)32(40)36-13-15-41-16-14-36/h4,7-12,17,19-23H,3,5-6,13-16,18H2,1-2H3,(H,34,35)/t22-,23+. The van der Waals surface area contributed by atoms with Gasteiger partial charge in [0.1, 0.15) is 5.82 Å². The Hall–Kier alpha value is -4.24. The van der Waals surface area contributed by atoms with E-state index in [-0.39, 0.29) is 23.9 Å². The molecule has 2 atom stereocenters. The molecule has 0 bridgehead atoms. The molecule has 1 aromatic carbocycles. The number of imidazole rings is 1. The van der Waals surface area contributed by atoms with Crippen LogP contribution >= 0.6 is 0 Å². The number of aromatic nitrogens is 3. The maximum absolute atomic E-state index is 13.3. The number of fused-ring (bicyclic) bond motifs is 1. The average molecular weight is 553 g/mol. The number of ether oxygens (including phenoxy) is 1. The molecule has 9 heteroatoms. The molecule has 9 nitrogen and oxygen atoms in total. The molecular weight excluding hydrogens is 516 g/mol. The molecule has 0 unspecified atom stereocenters. The van der Waals surface area contributed by atoms with Crippen LogP contribution in [0.2, 0.25) is 0 Å². The van der Waals surface area contributed by atoms with E-state index in [2.05, 4.69) is 46.2 Å². The second kappa shape index (κ2) is 11.7. The van der Waals surface area contributed by atoms with Gasteiger partial charge >= 0.3 is 0 Å². The zero-order chi connectivity index (χ0) is 28.3. The predicted octanol–water partition coefficient (Wildman–Crippen LogP) is 4.94. The number of hydrogen-bond acceptors (Lipinski definition) is 6. The SMILES string of the molecule is C[C@@H]1CCC[C@H](C)N1C(=O)Cc1cccc(-c2cc(Nc3ccc(C(=O)N4CCOCC4)cn3)c3nccn3c2)c1. The Kier molecular flexibility index (Phi) is 7.69. The Morgan fingerprint density at radius 1 is 1.00 bits per heavy atom. The quantitative estimate of drug-likeness (QED) is 0.364. The second-order valence-corrected chi connectivity index (χ2v) is 11.1. The fourth-order valence-electron chi connectivity index (χ4n) is 6.00. The van der Waals surface area contributed by atoms with Gasteiger partial charge in [-0.3, -0.25) is 9.59 Å². The number of amides is 2. The van der Waals surface area contributed by atoms with Crippen LogP contribution in [0.5, 0.6) is 0 Å². The van der Waals surface area contributed by atoms with Crippen LogP contribution in [0, 0.1) is 0 Å². The van der Waals surface area contributed by atoms with Crippen LogP contribution in [0.1, 0.15) is 49.0 Å². The van der Waals surface area contributed by atoms with Crippen molar-refractivity contribution in [1.29, 1.82) is 0 Å². The minimum atomic E-state index is -0.0347. The van der Waals surface area contributed by atoms with Gasteiger partial charge in [0.2, 0.25) is 5.91 Å². The number of anilines is 2. The van der Waals surface area contributed by atoms with Crippen LogP contribution < -0.4 is 5.32 Å². The lowest BCUT2D eigenvalue weighted by Gasteiger charge is -2.39. The van der Waals surface area contributed by atoms with Gasteiger partial charge in [-0.15, -0.1) is 0 Å². The lowest BCUT2D eigenvalue weighted by atomic mass is 9.96. The largest absolute Gasteiger partial charge is 0.378 e. The molecule has 2 aliphatic heterocycles. The number of pyridine rings is 2. The molecule has 6 rings (SSSR count). The molecule has 212 valence electrons. The highest BCUT2D eigenvalue weighted by atomic mass is 16.5. The van der Waals surface area contributed by atoms with E-state index in [9.17, 15) is 9.59 Å². The summed E-state index contributed by atoms with van der Waals surface area (Å²) in [6.45, 7) is 6.62. The van der Waals surface area contributed by atoms with Gasteiger partial charge < -0.3 is 24.3 Å². The van der Waals surface area contributed by atoms with Crippen LogP contribution in [-0.4, -0.2) is 74.4 Å². The molecule has 4 aromatic rings. The Morgan fingerprint density at radius 3 is 2.56 bits per heavy atom. The molecular formula is C32H36N6O3. The van der Waals surface area contributed by atoms with E-state index in [1.165, 1.54) is 6.42 Å². The summed E-state index contributed by atoms with van der Waals surface area (Å²) in [6, 6.07) is 14.4. The number of piperidine rings is 1. The van der Waals surface area contributed by atoms with Crippen molar-refractivity contribution in [3.8, 4) is 11.1 Å². The molecule has 3 aromatic heterocycles. The lowest BCUT2D eigenvalue weighted by molar-refractivity contribution is -0.136. The Balaban J connectivity index is 1.22. The molecule has 2 aliphatic rings. The first-order valence-corrected chi connectivity index (χ1v) is 14.4. The van der Waals surface area contributed by atoms with Gasteiger partial charge in [0.25, 0.3) is 5.91 Å². The van der Waals surface area contributed by atoms with Crippen molar-refractivity contribution in [3.05, 3.63) is 78.4 Å². The molecule has 5 heterocycles. The third-order valence-electron chi connectivity index (χ3n) is 8.16. The normalized spacial score (nSPS) is 19.4. The van der Waals surface area contributed by atoms with Crippen LogP contribution in [-0.2, 0) is 16.0 Å². The van der Waals surface area contributed by atoms with E-state index in [0.717, 1.165) is 40.9 Å². The monoisotopic (exact) mass is 552 g/mol. The zero-order valence-corrected chi connectivity index (χ0v) is 23.6. The number of morpholine rings is 1. The average Bonchev–Trinajstić information content (AvgIpc) is 3.47. The molecule has 0 saturated carbocycles. The maximum atomic E-state index is 13.3. The number of nitrogens with one attached hydrogen (secondary N) is 1. The maximum Gasteiger partial charge on any atom is 0.255 e. The van der Waals surface area contributed by atoms with Gasteiger partial charge in [-0.1, -0.05) is 24.3 Å². The van der Waals surface area contributed by atoms with Gasteiger partial charge in [0.15, 0.2) is 5.65 Å². The third kappa shape index (κ3) is 5.81. The van der Waals surface area contributed by atoms with Crippen molar-refractivity contribution in [2.75, 3.05) is 31.6 Å². The molecule has 2 fully saturated rings. The number of carbonyl (C=O) groups excluding carboxylic acids is 2. The summed E-state index contributed by atoms with van der Waals surface area (Å²) in [5.74, 6) is 0.776. The smallest absolute Gasteiger partial charge is 0.255 e. The van der Waals surface area contributed by atoms with E-state index in [1.807, 2.05) is 41.1 Å². The lowest BCUT2D eigenvalue weighted by Crippen LogP contribution is -2.48. The summed E-state index contributed by atoms with van der Waals surface area (Å²) < 4.78 is 7.33. The topological polar surface area (TPSA) is 92.1 Å². The highest BCUT2D eigenvalue weighted by Crippen LogP contribution is 2.29. The first kappa shape index (κ1) is 27.0. The zero-order valence-electron chi connectivity index (χ0n) is 23.6. The minimum absolute atomic E-state index is 0.0347. The van der Waals surface area contributed by atoms with Crippen molar-refractivity contribution in [1.82, 2.24) is 24.2 Å². The first-order chi connectivity index (χ1) is 20.0. The Bertz CT molecular complexity index is 1530. The molecule has 0 aliphatic carbocycles. The summed E-state index contributed by atoms with van der Waals surface area (Å²) in [5, 5.41) is 3.39. The summed E-state index contributed by atoms with van der Waals surface area (Å²) in [4.78, 5) is 39.0. The molecule has 41 heavy (non-hydrogen) atoms. The van der Waals surface area contributed by atoms with Gasteiger partial charge in [0.05, 0.1) is 30.9 Å². The molecule has 2 amide bonds. The van der Waals surface area contributed by atoms with Crippen LogP contribution in [0.4, 0.5) is 11.5 Å². The fourth-order valence-corrected chi connectivity index (χ4v) is 6.00.